The van der Waals surface area contributed by atoms with Gasteiger partial charge in [-0.05, 0) is 29.5 Å². The van der Waals surface area contributed by atoms with E-state index in [2.05, 4.69) is 29.2 Å². The summed E-state index contributed by atoms with van der Waals surface area (Å²) in [4.78, 5) is 27.0. The maximum absolute atomic E-state index is 12.6. The first kappa shape index (κ1) is 17.9. The molecule has 0 N–H and O–H groups in total. The Morgan fingerprint density at radius 3 is 2.44 bits per heavy atom. The lowest BCUT2D eigenvalue weighted by atomic mass is 10.00. The molecule has 0 bridgehead atoms. The number of hydrogen-bond donors (Lipinski definition) is 0. The molecule has 3 aromatic rings. The van der Waals surface area contributed by atoms with E-state index in [4.69, 9.17) is 0 Å². The summed E-state index contributed by atoms with van der Waals surface area (Å²) < 4.78 is 2.93. The number of nitrogens with zero attached hydrogens (tertiary/aromatic N) is 3. The van der Waals surface area contributed by atoms with E-state index in [1.54, 1.807) is 3.96 Å². The van der Waals surface area contributed by atoms with E-state index in [1.165, 1.54) is 15.7 Å². The van der Waals surface area contributed by atoms with Gasteiger partial charge in [0.05, 0.1) is 6.54 Å². The average Bonchev–Trinajstić information content (AvgIpc) is 2.96. The van der Waals surface area contributed by atoms with Crippen LogP contribution in [0.4, 0.5) is 0 Å². The molecule has 1 aromatic heterocycles. The quantitative estimate of drug-likeness (QED) is 0.659. The molecule has 2 heterocycles. The molecule has 0 saturated heterocycles. The van der Waals surface area contributed by atoms with Crippen molar-refractivity contribution in [2.45, 2.75) is 32.5 Å². The van der Waals surface area contributed by atoms with E-state index in [-0.39, 0.29) is 10.6 Å². The van der Waals surface area contributed by atoms with Crippen LogP contribution in [0.5, 0.6) is 0 Å². The predicted molar refractivity (Wildman–Crippen MR) is 108 cm³/mol. The highest BCUT2D eigenvalue weighted by Crippen LogP contribution is 2.18. The monoisotopic (exact) mass is 381 g/mol. The second kappa shape index (κ2) is 8.06. The molecule has 0 unspecified atom stereocenters. The second-order valence-corrected chi connectivity index (χ2v) is 7.93. The van der Waals surface area contributed by atoms with Crippen LogP contribution in [-0.4, -0.2) is 26.5 Å². The van der Waals surface area contributed by atoms with Crippen LogP contribution in [0, 0.1) is 0 Å². The Morgan fingerprint density at radius 1 is 0.889 bits per heavy atom. The molecule has 1 aliphatic heterocycles. The van der Waals surface area contributed by atoms with Crippen LogP contribution in [0.15, 0.2) is 64.2 Å². The number of aromatic nitrogens is 2. The first-order valence-electron chi connectivity index (χ1n) is 9.35. The van der Waals surface area contributed by atoms with Crippen LogP contribution in [0.2, 0.25) is 0 Å². The Kier molecular flexibility index (Phi) is 5.36. The minimum Gasteiger partial charge on any atom is -0.299 e. The first-order chi connectivity index (χ1) is 13.2. The zero-order chi connectivity index (χ0) is 18.6. The van der Waals surface area contributed by atoms with E-state index >= 15 is 0 Å². The fourth-order valence-corrected chi connectivity index (χ4v) is 4.44. The van der Waals surface area contributed by atoms with Crippen LogP contribution < -0.4 is 10.6 Å². The number of aryl methyl sites for hydroxylation is 1. The standard InChI is InChI=1S/C21H23N3O2S/c25-20-23(15-17-7-2-1-3-8-17)21(26)27-24(20)13-6-12-22-14-11-18-9-4-5-10-19(18)16-22/h1-5,7-10H,6,11-16H2. The zero-order valence-corrected chi connectivity index (χ0v) is 16.0. The summed E-state index contributed by atoms with van der Waals surface area (Å²) in [5, 5.41) is 0. The molecule has 0 fully saturated rings. The van der Waals surface area contributed by atoms with Gasteiger partial charge in [-0.1, -0.05) is 54.6 Å². The maximum atomic E-state index is 12.6. The van der Waals surface area contributed by atoms with Crippen LogP contribution in [0.1, 0.15) is 23.1 Å². The Labute approximate surface area is 162 Å². The van der Waals surface area contributed by atoms with Crippen molar-refractivity contribution in [3.63, 3.8) is 0 Å². The van der Waals surface area contributed by atoms with E-state index in [9.17, 15) is 9.59 Å². The Bertz CT molecular complexity index is 1020. The molecule has 0 atom stereocenters. The van der Waals surface area contributed by atoms with Crippen molar-refractivity contribution >= 4 is 11.5 Å². The van der Waals surface area contributed by atoms with Crippen molar-refractivity contribution in [2.24, 2.45) is 0 Å². The van der Waals surface area contributed by atoms with Crippen molar-refractivity contribution in [3.8, 4) is 0 Å². The fourth-order valence-electron chi connectivity index (χ4n) is 3.62. The van der Waals surface area contributed by atoms with Gasteiger partial charge < -0.3 is 0 Å². The van der Waals surface area contributed by atoms with Gasteiger partial charge in [-0.15, -0.1) is 0 Å². The van der Waals surface area contributed by atoms with Gasteiger partial charge in [0.2, 0.25) is 0 Å². The van der Waals surface area contributed by atoms with Crippen molar-refractivity contribution in [1.29, 1.82) is 0 Å². The molecule has 4 rings (SSSR count). The highest BCUT2D eigenvalue weighted by atomic mass is 32.1. The molecule has 6 heteroatoms. The molecule has 2 aromatic carbocycles. The van der Waals surface area contributed by atoms with E-state index < -0.39 is 0 Å². The molecule has 1 aliphatic rings. The second-order valence-electron chi connectivity index (χ2n) is 6.96. The lowest BCUT2D eigenvalue weighted by Gasteiger charge is -2.28. The third-order valence-electron chi connectivity index (χ3n) is 5.08. The lowest BCUT2D eigenvalue weighted by Crippen LogP contribution is -2.33. The zero-order valence-electron chi connectivity index (χ0n) is 15.2. The van der Waals surface area contributed by atoms with Crippen LogP contribution in [0.25, 0.3) is 0 Å². The molecule has 5 nitrogen and oxygen atoms in total. The topological polar surface area (TPSA) is 47.2 Å². The van der Waals surface area contributed by atoms with E-state index in [0.29, 0.717) is 13.1 Å². The van der Waals surface area contributed by atoms with Gasteiger partial charge in [0, 0.05) is 37.7 Å². The van der Waals surface area contributed by atoms with Gasteiger partial charge in [-0.2, -0.15) is 0 Å². The number of benzene rings is 2. The van der Waals surface area contributed by atoms with E-state index in [0.717, 1.165) is 49.6 Å². The van der Waals surface area contributed by atoms with Crippen LogP contribution >= 0.6 is 11.5 Å². The highest BCUT2D eigenvalue weighted by Gasteiger charge is 2.16. The lowest BCUT2D eigenvalue weighted by molar-refractivity contribution is 0.247. The van der Waals surface area contributed by atoms with Gasteiger partial charge in [-0.3, -0.25) is 9.69 Å². The third-order valence-corrected chi connectivity index (χ3v) is 6.02. The van der Waals surface area contributed by atoms with Gasteiger partial charge in [0.15, 0.2) is 0 Å². The molecular weight excluding hydrogens is 358 g/mol. The summed E-state index contributed by atoms with van der Waals surface area (Å²) in [7, 11) is 0. The Hall–Kier alpha value is -2.44. The largest absolute Gasteiger partial charge is 0.341 e. The van der Waals surface area contributed by atoms with Crippen molar-refractivity contribution in [3.05, 3.63) is 91.4 Å². The maximum Gasteiger partial charge on any atom is 0.341 e. The first-order valence-corrected chi connectivity index (χ1v) is 10.1. The molecule has 0 spiro atoms. The SMILES string of the molecule is O=c1sn(CCCN2CCc3ccccc3C2)c(=O)n1Cc1ccccc1. The minimum atomic E-state index is -0.196. The van der Waals surface area contributed by atoms with Crippen LogP contribution in [0.3, 0.4) is 0 Å². The van der Waals surface area contributed by atoms with Crippen molar-refractivity contribution in [1.82, 2.24) is 13.4 Å². The van der Waals surface area contributed by atoms with Crippen LogP contribution in [-0.2, 0) is 26.1 Å². The average molecular weight is 382 g/mol. The number of rotatable bonds is 6. The summed E-state index contributed by atoms with van der Waals surface area (Å²) >= 11 is 1.03. The van der Waals surface area contributed by atoms with E-state index in [1.807, 2.05) is 30.3 Å². The molecule has 0 saturated carbocycles. The molecule has 140 valence electrons. The smallest absolute Gasteiger partial charge is 0.299 e. The Morgan fingerprint density at radius 2 is 1.63 bits per heavy atom. The molecule has 27 heavy (non-hydrogen) atoms. The summed E-state index contributed by atoms with van der Waals surface area (Å²) in [6.45, 7) is 3.89. The summed E-state index contributed by atoms with van der Waals surface area (Å²) in [5.74, 6) is 0. The van der Waals surface area contributed by atoms with Crippen molar-refractivity contribution < 1.29 is 0 Å². The summed E-state index contributed by atoms with van der Waals surface area (Å²) in [6, 6.07) is 18.2. The van der Waals surface area contributed by atoms with Gasteiger partial charge in [0.25, 0.3) is 0 Å². The molecular formula is C21H23N3O2S. The van der Waals surface area contributed by atoms with Crippen molar-refractivity contribution in [2.75, 3.05) is 13.1 Å². The summed E-state index contributed by atoms with van der Waals surface area (Å²) in [6.07, 6.45) is 1.95. The molecule has 0 amide bonds. The third kappa shape index (κ3) is 4.12. The van der Waals surface area contributed by atoms with Gasteiger partial charge in [-0.25, -0.2) is 13.3 Å². The van der Waals surface area contributed by atoms with Gasteiger partial charge >= 0.3 is 10.6 Å². The predicted octanol–water partition coefficient (Wildman–Crippen LogP) is 2.57. The minimum absolute atomic E-state index is 0.184. The number of fused-ring (bicyclic) bond motifs is 1. The molecule has 0 radical (unpaired) electrons. The van der Waals surface area contributed by atoms with Gasteiger partial charge in [0.1, 0.15) is 0 Å². The normalized spacial score (nSPS) is 14.2. The molecule has 0 aliphatic carbocycles. The Balaban J connectivity index is 1.36. The number of hydrogen-bond acceptors (Lipinski definition) is 4. The fraction of sp³-hybridized carbons (Fsp3) is 0.333. The summed E-state index contributed by atoms with van der Waals surface area (Å²) in [5.41, 5.74) is 3.62. The highest BCUT2D eigenvalue weighted by molar-refractivity contribution is 7.03.